The van der Waals surface area contributed by atoms with Gasteiger partial charge in [0, 0.05) is 5.69 Å². The third-order valence-electron chi connectivity index (χ3n) is 4.06. The Kier molecular flexibility index (Phi) is 4.08. The molecular formula is C15H20FNO2. The van der Waals surface area contributed by atoms with Crippen molar-refractivity contribution in [3.05, 3.63) is 29.6 Å². The molecule has 1 aliphatic rings. The van der Waals surface area contributed by atoms with Gasteiger partial charge >= 0.3 is 5.97 Å². The Bertz CT molecular complexity index is 475. The first-order valence-electron chi connectivity index (χ1n) is 6.73. The molecule has 104 valence electrons. The fraction of sp³-hybridized carbons (Fsp3) is 0.533. The zero-order valence-electron chi connectivity index (χ0n) is 11.4. The van der Waals surface area contributed by atoms with Crippen LogP contribution in [0, 0.1) is 17.7 Å². The minimum Gasteiger partial charge on any atom is -0.459 e. The number of nitrogen functional groups attached to an aromatic ring is 1. The van der Waals surface area contributed by atoms with Crippen LogP contribution in [0.25, 0.3) is 0 Å². The summed E-state index contributed by atoms with van der Waals surface area (Å²) in [4.78, 5) is 12.0. The fourth-order valence-corrected chi connectivity index (χ4v) is 2.53. The number of carbonyl (C=O) groups excluding carboxylic acids is 1. The second kappa shape index (κ2) is 5.59. The van der Waals surface area contributed by atoms with Crippen molar-refractivity contribution in [2.45, 2.75) is 39.2 Å². The molecule has 4 heteroatoms. The van der Waals surface area contributed by atoms with Crippen molar-refractivity contribution in [2.24, 2.45) is 11.8 Å². The van der Waals surface area contributed by atoms with Crippen molar-refractivity contribution >= 4 is 11.7 Å². The highest BCUT2D eigenvalue weighted by Gasteiger charge is 2.27. The van der Waals surface area contributed by atoms with E-state index in [0.29, 0.717) is 11.8 Å². The van der Waals surface area contributed by atoms with Gasteiger partial charge in [-0.25, -0.2) is 9.18 Å². The maximum absolute atomic E-state index is 13.1. The first-order valence-corrected chi connectivity index (χ1v) is 6.73. The van der Waals surface area contributed by atoms with Gasteiger partial charge in [-0.05, 0) is 49.3 Å². The molecule has 1 saturated carbocycles. The summed E-state index contributed by atoms with van der Waals surface area (Å²) in [7, 11) is 0. The average molecular weight is 265 g/mol. The predicted octanol–water partition coefficient (Wildman–Crippen LogP) is 3.39. The predicted molar refractivity (Wildman–Crippen MR) is 72.2 cm³/mol. The summed E-state index contributed by atoms with van der Waals surface area (Å²) in [6.07, 6.45) is 2.70. The normalized spacial score (nSPS) is 27.0. The van der Waals surface area contributed by atoms with Crippen LogP contribution in [0.15, 0.2) is 18.2 Å². The van der Waals surface area contributed by atoms with Gasteiger partial charge in [0.25, 0.3) is 0 Å². The highest BCUT2D eigenvalue weighted by Crippen LogP contribution is 2.31. The number of hydrogen-bond donors (Lipinski definition) is 1. The molecular weight excluding hydrogens is 245 g/mol. The van der Waals surface area contributed by atoms with Crippen LogP contribution in [0.5, 0.6) is 0 Å². The van der Waals surface area contributed by atoms with Gasteiger partial charge in [0.15, 0.2) is 0 Å². The number of nitrogens with two attached hydrogens (primary N) is 1. The molecule has 2 N–H and O–H groups in total. The summed E-state index contributed by atoms with van der Waals surface area (Å²) in [6.45, 7) is 4.38. The minimum atomic E-state index is -0.524. The molecule has 2 rings (SSSR count). The Labute approximate surface area is 112 Å². The van der Waals surface area contributed by atoms with E-state index >= 15 is 0 Å². The van der Waals surface area contributed by atoms with Crippen LogP contribution < -0.4 is 5.73 Å². The SMILES string of the molecule is CC1CCC(OC(=O)c2cc(F)ccc2N)CC1C. The Morgan fingerprint density at radius 1 is 1.32 bits per heavy atom. The number of halogens is 1. The first-order chi connectivity index (χ1) is 8.97. The van der Waals surface area contributed by atoms with E-state index in [1.807, 2.05) is 0 Å². The van der Waals surface area contributed by atoms with Crippen molar-refractivity contribution in [1.82, 2.24) is 0 Å². The van der Waals surface area contributed by atoms with E-state index in [0.717, 1.165) is 25.3 Å². The number of rotatable bonds is 2. The van der Waals surface area contributed by atoms with Crippen LogP contribution in [-0.2, 0) is 4.74 Å². The second-order valence-electron chi connectivity index (χ2n) is 5.53. The number of hydrogen-bond acceptors (Lipinski definition) is 3. The van der Waals surface area contributed by atoms with Crippen LogP contribution in [0.4, 0.5) is 10.1 Å². The Morgan fingerprint density at radius 3 is 2.74 bits per heavy atom. The summed E-state index contributed by atoms with van der Waals surface area (Å²) in [5, 5.41) is 0. The monoisotopic (exact) mass is 265 g/mol. The molecule has 1 fully saturated rings. The lowest BCUT2D eigenvalue weighted by Gasteiger charge is -2.31. The largest absolute Gasteiger partial charge is 0.459 e. The van der Waals surface area contributed by atoms with E-state index in [2.05, 4.69) is 13.8 Å². The zero-order valence-corrected chi connectivity index (χ0v) is 11.4. The molecule has 0 spiro atoms. The Hall–Kier alpha value is -1.58. The molecule has 0 heterocycles. The molecule has 1 aromatic rings. The smallest absolute Gasteiger partial charge is 0.340 e. The van der Waals surface area contributed by atoms with E-state index in [1.54, 1.807) is 0 Å². The van der Waals surface area contributed by atoms with E-state index in [-0.39, 0.29) is 17.4 Å². The van der Waals surface area contributed by atoms with Crippen molar-refractivity contribution in [1.29, 1.82) is 0 Å². The van der Waals surface area contributed by atoms with Crippen molar-refractivity contribution in [3.8, 4) is 0 Å². The summed E-state index contributed by atoms with van der Waals surface area (Å²) >= 11 is 0. The van der Waals surface area contributed by atoms with Gasteiger partial charge in [-0.1, -0.05) is 13.8 Å². The standard InChI is InChI=1S/C15H20FNO2/c1-9-3-5-12(7-10(9)2)19-15(18)13-8-11(16)4-6-14(13)17/h4,6,8-10,12H,3,5,7,17H2,1-2H3. The lowest BCUT2D eigenvalue weighted by Crippen LogP contribution is -2.29. The summed E-state index contributed by atoms with van der Waals surface area (Å²) in [5.74, 6) is 0.195. The number of esters is 1. The molecule has 3 nitrogen and oxygen atoms in total. The quantitative estimate of drug-likeness (QED) is 0.658. The molecule has 3 unspecified atom stereocenters. The molecule has 0 saturated heterocycles. The molecule has 19 heavy (non-hydrogen) atoms. The van der Waals surface area contributed by atoms with Crippen LogP contribution in [0.1, 0.15) is 43.5 Å². The van der Waals surface area contributed by atoms with Gasteiger partial charge in [0.05, 0.1) is 5.56 Å². The summed E-state index contributed by atoms with van der Waals surface area (Å²) in [6, 6.07) is 3.75. The Morgan fingerprint density at radius 2 is 2.05 bits per heavy atom. The van der Waals surface area contributed by atoms with E-state index in [9.17, 15) is 9.18 Å². The van der Waals surface area contributed by atoms with E-state index in [1.165, 1.54) is 12.1 Å². The molecule has 3 atom stereocenters. The molecule has 0 radical (unpaired) electrons. The van der Waals surface area contributed by atoms with Gasteiger partial charge in [-0.3, -0.25) is 0 Å². The van der Waals surface area contributed by atoms with Gasteiger partial charge < -0.3 is 10.5 Å². The molecule has 0 aromatic heterocycles. The third-order valence-corrected chi connectivity index (χ3v) is 4.06. The van der Waals surface area contributed by atoms with Crippen molar-refractivity contribution in [3.63, 3.8) is 0 Å². The van der Waals surface area contributed by atoms with Gasteiger partial charge in [0.1, 0.15) is 11.9 Å². The molecule has 1 aliphatic carbocycles. The second-order valence-corrected chi connectivity index (χ2v) is 5.53. The van der Waals surface area contributed by atoms with Crippen molar-refractivity contribution < 1.29 is 13.9 Å². The summed E-state index contributed by atoms with van der Waals surface area (Å²) < 4.78 is 18.6. The minimum absolute atomic E-state index is 0.0821. The van der Waals surface area contributed by atoms with Gasteiger partial charge in [-0.15, -0.1) is 0 Å². The fourth-order valence-electron chi connectivity index (χ4n) is 2.53. The number of ether oxygens (including phenoxy) is 1. The number of benzene rings is 1. The van der Waals surface area contributed by atoms with Gasteiger partial charge in [0.2, 0.25) is 0 Å². The van der Waals surface area contributed by atoms with Crippen molar-refractivity contribution in [2.75, 3.05) is 5.73 Å². The number of anilines is 1. The van der Waals surface area contributed by atoms with Crippen LogP contribution >= 0.6 is 0 Å². The zero-order chi connectivity index (χ0) is 14.0. The molecule has 0 amide bonds. The first kappa shape index (κ1) is 13.8. The molecule has 0 bridgehead atoms. The highest BCUT2D eigenvalue weighted by atomic mass is 19.1. The van der Waals surface area contributed by atoms with E-state index < -0.39 is 11.8 Å². The third kappa shape index (κ3) is 3.25. The molecule has 1 aromatic carbocycles. The maximum atomic E-state index is 13.1. The van der Waals surface area contributed by atoms with Gasteiger partial charge in [-0.2, -0.15) is 0 Å². The maximum Gasteiger partial charge on any atom is 0.340 e. The van der Waals surface area contributed by atoms with Crippen LogP contribution in [0.2, 0.25) is 0 Å². The van der Waals surface area contributed by atoms with Crippen LogP contribution in [0.3, 0.4) is 0 Å². The topological polar surface area (TPSA) is 52.3 Å². The number of carbonyl (C=O) groups is 1. The highest BCUT2D eigenvalue weighted by molar-refractivity contribution is 5.95. The van der Waals surface area contributed by atoms with Crippen LogP contribution in [-0.4, -0.2) is 12.1 Å². The lowest BCUT2D eigenvalue weighted by atomic mass is 9.80. The molecule has 0 aliphatic heterocycles. The summed E-state index contributed by atoms with van der Waals surface area (Å²) in [5.41, 5.74) is 6.05. The van der Waals surface area contributed by atoms with E-state index in [4.69, 9.17) is 10.5 Å². The average Bonchev–Trinajstić information content (AvgIpc) is 2.36. The Balaban J connectivity index is 2.03. The lowest BCUT2D eigenvalue weighted by molar-refractivity contribution is 0.00885.